The summed E-state index contributed by atoms with van der Waals surface area (Å²) in [7, 11) is 1.87. The van der Waals surface area contributed by atoms with E-state index in [0.29, 0.717) is 6.04 Å². The van der Waals surface area contributed by atoms with Crippen molar-refractivity contribution in [2.24, 2.45) is 0 Å². The SMILES string of the molecule is CNc1cccc(NC(C)CCc2ccco2)n1. The van der Waals surface area contributed by atoms with Gasteiger partial charge < -0.3 is 15.1 Å². The van der Waals surface area contributed by atoms with Crippen LogP contribution in [0.1, 0.15) is 19.1 Å². The molecule has 1 unspecified atom stereocenters. The molecule has 2 heterocycles. The minimum atomic E-state index is 0.356. The molecule has 0 aliphatic carbocycles. The van der Waals surface area contributed by atoms with Crippen molar-refractivity contribution < 1.29 is 4.42 Å². The van der Waals surface area contributed by atoms with Gasteiger partial charge in [-0.2, -0.15) is 0 Å². The zero-order valence-corrected chi connectivity index (χ0v) is 10.8. The molecule has 0 bridgehead atoms. The van der Waals surface area contributed by atoms with Crippen molar-refractivity contribution in [3.05, 3.63) is 42.4 Å². The van der Waals surface area contributed by atoms with Gasteiger partial charge in [0.25, 0.3) is 0 Å². The van der Waals surface area contributed by atoms with Crippen LogP contribution in [0.15, 0.2) is 41.0 Å². The summed E-state index contributed by atoms with van der Waals surface area (Å²) in [5.41, 5.74) is 0. The van der Waals surface area contributed by atoms with Crippen LogP contribution < -0.4 is 10.6 Å². The number of furan rings is 1. The normalized spacial score (nSPS) is 12.1. The van der Waals surface area contributed by atoms with E-state index in [1.807, 2.05) is 37.4 Å². The number of aryl methyl sites for hydroxylation is 1. The second kappa shape index (κ2) is 6.10. The molecule has 2 aromatic heterocycles. The molecule has 4 nitrogen and oxygen atoms in total. The lowest BCUT2D eigenvalue weighted by Crippen LogP contribution is -2.17. The lowest BCUT2D eigenvalue weighted by Gasteiger charge is -2.14. The summed E-state index contributed by atoms with van der Waals surface area (Å²) in [4.78, 5) is 4.43. The van der Waals surface area contributed by atoms with Gasteiger partial charge in [0.2, 0.25) is 0 Å². The molecule has 0 spiro atoms. The van der Waals surface area contributed by atoms with E-state index in [2.05, 4.69) is 22.5 Å². The molecule has 2 aromatic rings. The van der Waals surface area contributed by atoms with Crippen LogP contribution >= 0.6 is 0 Å². The maximum Gasteiger partial charge on any atom is 0.128 e. The summed E-state index contributed by atoms with van der Waals surface area (Å²) in [6, 6.07) is 10.2. The molecule has 96 valence electrons. The van der Waals surface area contributed by atoms with Crippen molar-refractivity contribution in [2.75, 3.05) is 17.7 Å². The van der Waals surface area contributed by atoms with Gasteiger partial charge in [-0.3, -0.25) is 0 Å². The second-order valence-corrected chi connectivity index (χ2v) is 4.32. The maximum atomic E-state index is 5.32. The van der Waals surface area contributed by atoms with E-state index >= 15 is 0 Å². The predicted octanol–water partition coefficient (Wildman–Crippen LogP) is 3.15. The molecule has 0 aliphatic heterocycles. The largest absolute Gasteiger partial charge is 0.469 e. The summed E-state index contributed by atoms with van der Waals surface area (Å²) in [5, 5.41) is 6.42. The summed E-state index contributed by atoms with van der Waals surface area (Å²) >= 11 is 0. The van der Waals surface area contributed by atoms with Crippen molar-refractivity contribution in [3.63, 3.8) is 0 Å². The molecule has 0 aliphatic rings. The molecule has 0 radical (unpaired) electrons. The van der Waals surface area contributed by atoms with Crippen LogP contribution in [0, 0.1) is 0 Å². The maximum absolute atomic E-state index is 5.32. The average Bonchev–Trinajstić information content (AvgIpc) is 2.90. The number of pyridine rings is 1. The van der Waals surface area contributed by atoms with Gasteiger partial charge in [-0.05, 0) is 37.6 Å². The number of aromatic nitrogens is 1. The number of hydrogen-bond donors (Lipinski definition) is 2. The van der Waals surface area contributed by atoms with Crippen molar-refractivity contribution in [3.8, 4) is 0 Å². The van der Waals surface area contributed by atoms with Crippen LogP contribution in [-0.2, 0) is 6.42 Å². The summed E-state index contributed by atoms with van der Waals surface area (Å²) < 4.78 is 5.32. The number of anilines is 2. The fourth-order valence-corrected chi connectivity index (χ4v) is 1.79. The Labute approximate surface area is 107 Å². The van der Waals surface area contributed by atoms with Crippen molar-refractivity contribution in [2.45, 2.75) is 25.8 Å². The van der Waals surface area contributed by atoms with Crippen LogP contribution in [0.5, 0.6) is 0 Å². The van der Waals surface area contributed by atoms with E-state index in [0.717, 1.165) is 30.2 Å². The lowest BCUT2D eigenvalue weighted by atomic mass is 10.1. The third-order valence-electron chi connectivity index (χ3n) is 2.80. The highest BCUT2D eigenvalue weighted by Crippen LogP contribution is 2.12. The van der Waals surface area contributed by atoms with Crippen molar-refractivity contribution >= 4 is 11.6 Å². The van der Waals surface area contributed by atoms with Gasteiger partial charge in [0.1, 0.15) is 17.4 Å². The molecule has 2 rings (SSSR count). The highest BCUT2D eigenvalue weighted by atomic mass is 16.3. The molecule has 2 N–H and O–H groups in total. The number of rotatable bonds is 6. The van der Waals surface area contributed by atoms with E-state index in [4.69, 9.17) is 4.42 Å². The summed E-state index contributed by atoms with van der Waals surface area (Å²) in [6.07, 6.45) is 3.66. The molecule has 0 saturated heterocycles. The molecule has 0 amide bonds. The quantitative estimate of drug-likeness (QED) is 0.820. The Morgan fingerprint density at radius 3 is 2.78 bits per heavy atom. The molecule has 0 aromatic carbocycles. The Hall–Kier alpha value is -1.97. The fraction of sp³-hybridized carbons (Fsp3) is 0.357. The third-order valence-corrected chi connectivity index (χ3v) is 2.80. The van der Waals surface area contributed by atoms with Crippen molar-refractivity contribution in [1.29, 1.82) is 0 Å². The molecule has 0 fully saturated rings. The molecular weight excluding hydrogens is 226 g/mol. The third kappa shape index (κ3) is 3.52. The van der Waals surface area contributed by atoms with Gasteiger partial charge in [-0.1, -0.05) is 6.07 Å². The first-order valence-corrected chi connectivity index (χ1v) is 6.21. The molecule has 18 heavy (non-hydrogen) atoms. The number of nitrogens with zero attached hydrogens (tertiary/aromatic N) is 1. The summed E-state index contributed by atoms with van der Waals surface area (Å²) in [6.45, 7) is 2.15. The Bertz CT molecular complexity index is 468. The molecule has 1 atom stereocenters. The van der Waals surface area contributed by atoms with Gasteiger partial charge in [-0.25, -0.2) is 4.98 Å². The second-order valence-electron chi connectivity index (χ2n) is 4.32. The molecule has 4 heteroatoms. The standard InChI is InChI=1S/C14H19N3O/c1-11(8-9-12-5-4-10-18-12)16-14-7-3-6-13(15-2)17-14/h3-7,10-11H,8-9H2,1-2H3,(H2,15,16,17). The highest BCUT2D eigenvalue weighted by Gasteiger charge is 2.05. The van der Waals surface area contributed by atoms with E-state index in [1.165, 1.54) is 0 Å². The Kier molecular flexibility index (Phi) is 4.23. The smallest absolute Gasteiger partial charge is 0.128 e. The van der Waals surface area contributed by atoms with E-state index in [1.54, 1.807) is 6.26 Å². The van der Waals surface area contributed by atoms with E-state index in [-0.39, 0.29) is 0 Å². The first kappa shape index (κ1) is 12.5. The Morgan fingerprint density at radius 2 is 2.06 bits per heavy atom. The van der Waals surface area contributed by atoms with E-state index in [9.17, 15) is 0 Å². The van der Waals surface area contributed by atoms with Gasteiger partial charge in [0.05, 0.1) is 6.26 Å². The monoisotopic (exact) mass is 245 g/mol. The van der Waals surface area contributed by atoms with Gasteiger partial charge in [-0.15, -0.1) is 0 Å². The number of nitrogens with one attached hydrogen (secondary N) is 2. The first-order chi connectivity index (χ1) is 8.78. The predicted molar refractivity (Wildman–Crippen MR) is 73.9 cm³/mol. The minimum absolute atomic E-state index is 0.356. The van der Waals surface area contributed by atoms with Crippen LogP contribution in [0.25, 0.3) is 0 Å². The Balaban J connectivity index is 1.84. The van der Waals surface area contributed by atoms with Crippen LogP contribution in [0.4, 0.5) is 11.6 Å². The lowest BCUT2D eigenvalue weighted by molar-refractivity contribution is 0.495. The topological polar surface area (TPSA) is 50.1 Å². The first-order valence-electron chi connectivity index (χ1n) is 6.21. The van der Waals surface area contributed by atoms with Crippen molar-refractivity contribution in [1.82, 2.24) is 4.98 Å². The average molecular weight is 245 g/mol. The number of hydrogen-bond acceptors (Lipinski definition) is 4. The molecule has 0 saturated carbocycles. The van der Waals surface area contributed by atoms with Crippen LogP contribution in [-0.4, -0.2) is 18.1 Å². The van der Waals surface area contributed by atoms with Crippen LogP contribution in [0.3, 0.4) is 0 Å². The molecular formula is C14H19N3O. The highest BCUT2D eigenvalue weighted by molar-refractivity contribution is 5.45. The van der Waals surface area contributed by atoms with Crippen LogP contribution in [0.2, 0.25) is 0 Å². The zero-order valence-electron chi connectivity index (χ0n) is 10.8. The Morgan fingerprint density at radius 1 is 1.22 bits per heavy atom. The minimum Gasteiger partial charge on any atom is -0.469 e. The fourth-order valence-electron chi connectivity index (χ4n) is 1.79. The summed E-state index contributed by atoms with van der Waals surface area (Å²) in [5.74, 6) is 2.80. The van der Waals surface area contributed by atoms with Gasteiger partial charge >= 0.3 is 0 Å². The van der Waals surface area contributed by atoms with Gasteiger partial charge in [0, 0.05) is 19.5 Å². The zero-order chi connectivity index (χ0) is 12.8. The van der Waals surface area contributed by atoms with Gasteiger partial charge in [0.15, 0.2) is 0 Å². The van der Waals surface area contributed by atoms with E-state index < -0.39 is 0 Å².